The van der Waals surface area contributed by atoms with Crippen LogP contribution in [-0.2, 0) is 0 Å². The Morgan fingerprint density at radius 3 is 2.23 bits per heavy atom. The zero-order valence-electron chi connectivity index (χ0n) is 15.1. The maximum absolute atomic E-state index is 12.9. The van der Waals surface area contributed by atoms with Crippen LogP contribution in [0.25, 0.3) is 0 Å². The SMILES string of the molecule is COc1ccccc1C(=O)Nc1ccccc1C(=O)N1CCN(C)CC1. The van der Waals surface area contributed by atoms with Gasteiger partial charge >= 0.3 is 0 Å². The molecule has 1 aliphatic rings. The van der Waals surface area contributed by atoms with Crippen molar-refractivity contribution in [2.24, 2.45) is 0 Å². The first kappa shape index (κ1) is 17.9. The van der Waals surface area contributed by atoms with Crippen LogP contribution in [0.5, 0.6) is 5.75 Å². The number of likely N-dealkylation sites (N-methyl/N-ethyl adjacent to an activating group) is 1. The number of nitrogens with one attached hydrogen (secondary N) is 1. The fraction of sp³-hybridized carbons (Fsp3) is 0.300. The molecule has 6 nitrogen and oxygen atoms in total. The highest BCUT2D eigenvalue weighted by Crippen LogP contribution is 2.22. The van der Waals surface area contributed by atoms with E-state index in [1.54, 1.807) is 42.5 Å². The number of para-hydroxylation sites is 2. The fourth-order valence-electron chi connectivity index (χ4n) is 2.98. The molecule has 26 heavy (non-hydrogen) atoms. The second kappa shape index (κ2) is 8.01. The first-order valence-electron chi connectivity index (χ1n) is 8.61. The number of carbonyl (C=O) groups is 2. The molecule has 1 saturated heterocycles. The average Bonchev–Trinajstić information content (AvgIpc) is 2.68. The molecule has 1 fully saturated rings. The van der Waals surface area contributed by atoms with E-state index in [1.807, 2.05) is 18.0 Å². The summed E-state index contributed by atoms with van der Waals surface area (Å²) in [6, 6.07) is 14.1. The molecular weight excluding hydrogens is 330 g/mol. The van der Waals surface area contributed by atoms with Gasteiger partial charge in [0, 0.05) is 26.2 Å². The predicted molar refractivity (Wildman–Crippen MR) is 101 cm³/mol. The number of carbonyl (C=O) groups excluding carboxylic acids is 2. The molecule has 1 N–H and O–H groups in total. The molecule has 0 atom stereocenters. The van der Waals surface area contributed by atoms with E-state index in [0.29, 0.717) is 35.7 Å². The number of benzene rings is 2. The van der Waals surface area contributed by atoms with E-state index in [1.165, 1.54) is 7.11 Å². The van der Waals surface area contributed by atoms with E-state index in [-0.39, 0.29) is 11.8 Å². The van der Waals surface area contributed by atoms with Crippen LogP contribution in [0, 0.1) is 0 Å². The van der Waals surface area contributed by atoms with E-state index in [4.69, 9.17) is 4.74 Å². The van der Waals surface area contributed by atoms with Crippen molar-refractivity contribution < 1.29 is 14.3 Å². The number of nitrogens with zero attached hydrogens (tertiary/aromatic N) is 2. The van der Waals surface area contributed by atoms with Gasteiger partial charge in [0.05, 0.1) is 23.9 Å². The Balaban J connectivity index is 1.81. The van der Waals surface area contributed by atoms with Crippen molar-refractivity contribution in [3.05, 3.63) is 59.7 Å². The molecule has 2 amide bonds. The van der Waals surface area contributed by atoms with Crippen molar-refractivity contribution in [3.63, 3.8) is 0 Å². The Kier molecular flexibility index (Phi) is 5.53. The van der Waals surface area contributed by atoms with Crippen molar-refractivity contribution in [2.45, 2.75) is 0 Å². The standard InChI is InChI=1S/C20H23N3O3/c1-22-11-13-23(14-12-22)20(25)15-7-3-5-9-17(15)21-19(24)16-8-4-6-10-18(16)26-2/h3-10H,11-14H2,1-2H3,(H,21,24). The molecule has 0 spiro atoms. The van der Waals surface area contributed by atoms with Gasteiger partial charge in [0.25, 0.3) is 11.8 Å². The molecule has 136 valence electrons. The summed E-state index contributed by atoms with van der Waals surface area (Å²) in [5.74, 6) is 0.128. The molecule has 3 rings (SSSR count). The van der Waals surface area contributed by atoms with Gasteiger partial charge in [-0.2, -0.15) is 0 Å². The Bertz CT molecular complexity index is 798. The van der Waals surface area contributed by atoms with Crippen LogP contribution in [0.15, 0.2) is 48.5 Å². The fourth-order valence-corrected chi connectivity index (χ4v) is 2.98. The molecule has 0 aliphatic carbocycles. The van der Waals surface area contributed by atoms with Crippen LogP contribution in [-0.4, -0.2) is 62.0 Å². The van der Waals surface area contributed by atoms with Gasteiger partial charge in [0.1, 0.15) is 5.75 Å². The first-order chi connectivity index (χ1) is 12.6. The van der Waals surface area contributed by atoms with Gasteiger partial charge in [0.2, 0.25) is 0 Å². The molecule has 0 unspecified atom stereocenters. The lowest BCUT2D eigenvalue weighted by atomic mass is 10.1. The third-order valence-electron chi connectivity index (χ3n) is 4.55. The summed E-state index contributed by atoms with van der Waals surface area (Å²) < 4.78 is 5.25. The summed E-state index contributed by atoms with van der Waals surface area (Å²) in [5, 5.41) is 2.85. The zero-order valence-corrected chi connectivity index (χ0v) is 15.1. The van der Waals surface area contributed by atoms with Gasteiger partial charge in [0.15, 0.2) is 0 Å². The normalized spacial score (nSPS) is 14.8. The Morgan fingerprint density at radius 1 is 0.923 bits per heavy atom. The topological polar surface area (TPSA) is 61.9 Å². The predicted octanol–water partition coefficient (Wildman–Crippen LogP) is 2.34. The second-order valence-electron chi connectivity index (χ2n) is 6.30. The minimum atomic E-state index is -0.305. The second-order valence-corrected chi connectivity index (χ2v) is 6.30. The van der Waals surface area contributed by atoms with Gasteiger partial charge < -0.3 is 19.9 Å². The van der Waals surface area contributed by atoms with E-state index in [2.05, 4.69) is 10.2 Å². The summed E-state index contributed by atoms with van der Waals surface area (Å²) >= 11 is 0. The first-order valence-corrected chi connectivity index (χ1v) is 8.61. The van der Waals surface area contributed by atoms with Crippen LogP contribution < -0.4 is 10.1 Å². The van der Waals surface area contributed by atoms with E-state index < -0.39 is 0 Å². The third kappa shape index (κ3) is 3.86. The lowest BCUT2D eigenvalue weighted by molar-refractivity contribution is 0.0665. The van der Waals surface area contributed by atoms with Crippen LogP contribution in [0.1, 0.15) is 20.7 Å². The number of hydrogen-bond donors (Lipinski definition) is 1. The van der Waals surface area contributed by atoms with Crippen LogP contribution >= 0.6 is 0 Å². The lowest BCUT2D eigenvalue weighted by Gasteiger charge is -2.32. The number of rotatable bonds is 4. The van der Waals surface area contributed by atoms with Crippen molar-refractivity contribution in [1.82, 2.24) is 9.80 Å². The highest BCUT2D eigenvalue weighted by molar-refractivity contribution is 6.10. The molecule has 0 radical (unpaired) electrons. The molecule has 2 aromatic carbocycles. The van der Waals surface area contributed by atoms with Gasteiger partial charge in [-0.15, -0.1) is 0 Å². The van der Waals surface area contributed by atoms with Crippen molar-refractivity contribution in [3.8, 4) is 5.75 Å². The van der Waals surface area contributed by atoms with Crippen molar-refractivity contribution in [1.29, 1.82) is 0 Å². The molecule has 2 aromatic rings. The summed E-state index contributed by atoms with van der Waals surface area (Å²) in [6.45, 7) is 3.07. The average molecular weight is 353 g/mol. The number of amides is 2. The zero-order chi connectivity index (χ0) is 18.5. The molecule has 6 heteroatoms. The Labute approximate surface area is 153 Å². The van der Waals surface area contributed by atoms with Gasteiger partial charge in [-0.1, -0.05) is 24.3 Å². The van der Waals surface area contributed by atoms with Gasteiger partial charge in [-0.05, 0) is 31.3 Å². The largest absolute Gasteiger partial charge is 0.496 e. The van der Waals surface area contributed by atoms with Gasteiger partial charge in [-0.25, -0.2) is 0 Å². The lowest BCUT2D eigenvalue weighted by Crippen LogP contribution is -2.47. The van der Waals surface area contributed by atoms with Crippen LogP contribution in [0.4, 0.5) is 5.69 Å². The molecular formula is C20H23N3O3. The minimum Gasteiger partial charge on any atom is -0.496 e. The van der Waals surface area contributed by atoms with Gasteiger partial charge in [-0.3, -0.25) is 9.59 Å². The summed E-state index contributed by atoms with van der Waals surface area (Å²) in [4.78, 5) is 29.6. The maximum atomic E-state index is 12.9. The van der Waals surface area contributed by atoms with Crippen molar-refractivity contribution in [2.75, 3.05) is 45.7 Å². The molecule has 0 bridgehead atoms. The Hall–Kier alpha value is -2.86. The summed E-state index contributed by atoms with van der Waals surface area (Å²) in [7, 11) is 3.57. The minimum absolute atomic E-state index is 0.0611. The van der Waals surface area contributed by atoms with Crippen molar-refractivity contribution >= 4 is 17.5 Å². The molecule has 1 heterocycles. The van der Waals surface area contributed by atoms with Crippen LogP contribution in [0.2, 0.25) is 0 Å². The number of ether oxygens (including phenoxy) is 1. The number of methoxy groups -OCH3 is 1. The number of piperazine rings is 1. The van der Waals surface area contributed by atoms with E-state index in [0.717, 1.165) is 13.1 Å². The molecule has 1 aliphatic heterocycles. The Morgan fingerprint density at radius 2 is 1.54 bits per heavy atom. The highest BCUT2D eigenvalue weighted by Gasteiger charge is 2.23. The summed E-state index contributed by atoms with van der Waals surface area (Å²) in [5.41, 5.74) is 1.43. The number of hydrogen-bond acceptors (Lipinski definition) is 4. The molecule has 0 saturated carbocycles. The highest BCUT2D eigenvalue weighted by atomic mass is 16.5. The summed E-state index contributed by atoms with van der Waals surface area (Å²) in [6.07, 6.45) is 0. The number of anilines is 1. The molecule has 0 aromatic heterocycles. The van der Waals surface area contributed by atoms with E-state index in [9.17, 15) is 9.59 Å². The quantitative estimate of drug-likeness (QED) is 0.916. The van der Waals surface area contributed by atoms with Crippen LogP contribution in [0.3, 0.4) is 0 Å². The monoisotopic (exact) mass is 353 g/mol. The smallest absolute Gasteiger partial charge is 0.259 e. The van der Waals surface area contributed by atoms with E-state index >= 15 is 0 Å². The maximum Gasteiger partial charge on any atom is 0.259 e. The third-order valence-corrected chi connectivity index (χ3v) is 4.55.